The number of nitrogens with zero attached hydrogens (tertiary/aromatic N) is 1. The molecular weight excluding hydrogens is 281 g/mol. The summed E-state index contributed by atoms with van der Waals surface area (Å²) in [4.78, 5) is 14.4. The molecule has 0 spiro atoms. The van der Waals surface area contributed by atoms with E-state index in [-0.39, 0.29) is 17.9 Å². The van der Waals surface area contributed by atoms with E-state index in [4.69, 9.17) is 23.2 Å². The van der Waals surface area contributed by atoms with E-state index in [1.54, 1.807) is 6.07 Å². The molecule has 100 valence electrons. The van der Waals surface area contributed by atoms with Crippen LogP contribution in [0.5, 0.6) is 0 Å². The van der Waals surface area contributed by atoms with Crippen molar-refractivity contribution in [1.29, 1.82) is 0 Å². The largest absolute Gasteiger partial charge is 0.305 e. The number of carbonyl (C=O) groups excluding carboxylic acids is 1. The Kier molecular flexibility index (Phi) is 3.11. The van der Waals surface area contributed by atoms with E-state index >= 15 is 0 Å². The van der Waals surface area contributed by atoms with Gasteiger partial charge in [-0.3, -0.25) is 4.79 Å². The van der Waals surface area contributed by atoms with Crippen molar-refractivity contribution in [3.63, 3.8) is 0 Å². The van der Waals surface area contributed by atoms with Crippen LogP contribution in [0.25, 0.3) is 0 Å². The van der Waals surface area contributed by atoms with Gasteiger partial charge in [-0.15, -0.1) is 0 Å². The molecule has 1 amide bonds. The molecule has 0 aromatic heterocycles. The molecule has 2 bridgehead atoms. The molecule has 1 heterocycles. The summed E-state index contributed by atoms with van der Waals surface area (Å²) in [5, 5.41) is 1.12. The average Bonchev–Trinajstić information content (AvgIpc) is 2.61. The Balaban J connectivity index is 2.06. The van der Waals surface area contributed by atoms with Gasteiger partial charge in [-0.1, -0.05) is 41.8 Å². The highest BCUT2D eigenvalue weighted by Gasteiger charge is 2.45. The topological polar surface area (TPSA) is 20.3 Å². The molecule has 3 rings (SSSR count). The second-order valence-electron chi connectivity index (χ2n) is 5.46. The van der Waals surface area contributed by atoms with Gasteiger partial charge in [-0.05, 0) is 37.5 Å². The van der Waals surface area contributed by atoms with Gasteiger partial charge in [0.2, 0.25) is 5.91 Å². The Labute approximate surface area is 123 Å². The number of rotatable bonds is 1. The zero-order valence-electron chi connectivity index (χ0n) is 10.9. The van der Waals surface area contributed by atoms with Gasteiger partial charge >= 0.3 is 0 Å². The summed E-state index contributed by atoms with van der Waals surface area (Å²) in [7, 11) is 0. The van der Waals surface area contributed by atoms with Crippen LogP contribution in [0.2, 0.25) is 10.0 Å². The first-order valence-corrected chi connectivity index (χ1v) is 7.20. The van der Waals surface area contributed by atoms with Crippen LogP contribution in [0.3, 0.4) is 0 Å². The number of halogens is 2. The standard InChI is InChI=1S/C15H15Cl2NO/c1-8-3-9(2)14-7-13(8)15(19)18(14)12-5-10(16)4-11(17)6-12/h3-6,8,13-14H,7H2,1-2H3. The first kappa shape index (κ1) is 13.0. The van der Waals surface area contributed by atoms with Gasteiger partial charge in [0.05, 0.1) is 6.04 Å². The van der Waals surface area contributed by atoms with Gasteiger partial charge in [-0.25, -0.2) is 0 Å². The third-order valence-corrected chi connectivity index (χ3v) is 4.59. The smallest absolute Gasteiger partial charge is 0.231 e. The highest BCUT2D eigenvalue weighted by atomic mass is 35.5. The van der Waals surface area contributed by atoms with Crippen molar-refractivity contribution in [2.75, 3.05) is 4.90 Å². The Morgan fingerprint density at radius 3 is 2.47 bits per heavy atom. The van der Waals surface area contributed by atoms with E-state index in [0.717, 1.165) is 12.1 Å². The lowest BCUT2D eigenvalue weighted by atomic mass is 9.83. The second-order valence-corrected chi connectivity index (χ2v) is 6.34. The molecule has 1 aromatic carbocycles. The summed E-state index contributed by atoms with van der Waals surface area (Å²) in [5.74, 6) is 0.582. The Morgan fingerprint density at radius 2 is 1.84 bits per heavy atom. The zero-order chi connectivity index (χ0) is 13.7. The van der Waals surface area contributed by atoms with Crippen molar-refractivity contribution in [2.45, 2.75) is 26.3 Å². The fourth-order valence-electron chi connectivity index (χ4n) is 3.24. The van der Waals surface area contributed by atoms with Crippen LogP contribution in [-0.4, -0.2) is 11.9 Å². The van der Waals surface area contributed by atoms with Gasteiger partial charge in [0.25, 0.3) is 0 Å². The molecule has 1 aromatic rings. The molecule has 1 saturated heterocycles. The summed E-state index contributed by atoms with van der Waals surface area (Å²) >= 11 is 12.1. The van der Waals surface area contributed by atoms with Crippen molar-refractivity contribution in [1.82, 2.24) is 0 Å². The Morgan fingerprint density at radius 1 is 1.21 bits per heavy atom. The molecule has 4 heteroatoms. The molecule has 0 radical (unpaired) electrons. The fraction of sp³-hybridized carbons (Fsp3) is 0.400. The predicted molar refractivity (Wildman–Crippen MR) is 78.8 cm³/mol. The minimum absolute atomic E-state index is 0.0893. The van der Waals surface area contributed by atoms with Crippen LogP contribution in [0.15, 0.2) is 29.8 Å². The predicted octanol–water partition coefficient (Wildman–Crippen LogP) is 4.31. The van der Waals surface area contributed by atoms with Crippen molar-refractivity contribution < 1.29 is 4.79 Å². The second kappa shape index (κ2) is 4.53. The van der Waals surface area contributed by atoms with Gasteiger partial charge < -0.3 is 4.90 Å². The highest BCUT2D eigenvalue weighted by Crippen LogP contribution is 2.42. The third-order valence-electron chi connectivity index (χ3n) is 4.16. The molecule has 2 nitrogen and oxygen atoms in total. The average molecular weight is 296 g/mol. The normalized spacial score (nSPS) is 29.7. The van der Waals surface area contributed by atoms with Crippen LogP contribution in [-0.2, 0) is 4.79 Å². The summed E-state index contributed by atoms with van der Waals surface area (Å²) in [6, 6.07) is 5.46. The number of anilines is 1. The lowest BCUT2D eigenvalue weighted by Gasteiger charge is -2.26. The SMILES string of the molecule is CC1=CC(C)C2CC1N(c1cc(Cl)cc(Cl)c1)C2=O. The molecule has 1 fully saturated rings. The van der Waals surface area contributed by atoms with Gasteiger partial charge in [0, 0.05) is 21.7 Å². The monoisotopic (exact) mass is 295 g/mol. The first-order valence-electron chi connectivity index (χ1n) is 6.45. The Bertz CT molecular complexity index is 561. The maximum Gasteiger partial charge on any atom is 0.231 e. The van der Waals surface area contributed by atoms with Crippen LogP contribution in [0.4, 0.5) is 5.69 Å². The number of carbonyl (C=O) groups is 1. The van der Waals surface area contributed by atoms with Crippen molar-refractivity contribution in [3.8, 4) is 0 Å². The maximum absolute atomic E-state index is 12.6. The van der Waals surface area contributed by atoms with Gasteiger partial charge in [-0.2, -0.15) is 0 Å². The molecule has 19 heavy (non-hydrogen) atoms. The quantitative estimate of drug-likeness (QED) is 0.707. The van der Waals surface area contributed by atoms with Crippen LogP contribution in [0, 0.1) is 11.8 Å². The lowest BCUT2D eigenvalue weighted by Crippen LogP contribution is -2.33. The van der Waals surface area contributed by atoms with Crippen molar-refractivity contribution in [2.24, 2.45) is 11.8 Å². The third kappa shape index (κ3) is 2.07. The van der Waals surface area contributed by atoms with E-state index in [0.29, 0.717) is 16.0 Å². The number of benzene rings is 1. The molecule has 1 aliphatic carbocycles. The van der Waals surface area contributed by atoms with Crippen LogP contribution in [0.1, 0.15) is 20.3 Å². The van der Waals surface area contributed by atoms with Crippen LogP contribution < -0.4 is 4.90 Å². The van der Waals surface area contributed by atoms with Gasteiger partial charge in [0.1, 0.15) is 0 Å². The molecule has 1 aliphatic heterocycles. The van der Waals surface area contributed by atoms with E-state index in [2.05, 4.69) is 19.9 Å². The zero-order valence-corrected chi connectivity index (χ0v) is 12.4. The summed E-state index contributed by atoms with van der Waals surface area (Å²) in [6.07, 6.45) is 3.11. The van der Waals surface area contributed by atoms with Crippen LogP contribution >= 0.6 is 23.2 Å². The fourth-order valence-corrected chi connectivity index (χ4v) is 3.75. The van der Waals surface area contributed by atoms with E-state index in [1.807, 2.05) is 17.0 Å². The summed E-state index contributed by atoms with van der Waals surface area (Å²) < 4.78 is 0. The maximum atomic E-state index is 12.6. The molecule has 3 unspecified atom stereocenters. The van der Waals surface area contributed by atoms with Gasteiger partial charge in [0.15, 0.2) is 0 Å². The molecule has 3 atom stereocenters. The minimum atomic E-state index is 0.0893. The molecule has 0 N–H and O–H groups in total. The summed E-state index contributed by atoms with van der Waals surface area (Å²) in [5.41, 5.74) is 2.06. The number of hydrogen-bond acceptors (Lipinski definition) is 1. The minimum Gasteiger partial charge on any atom is -0.305 e. The van der Waals surface area contributed by atoms with Crippen molar-refractivity contribution in [3.05, 3.63) is 39.9 Å². The summed E-state index contributed by atoms with van der Waals surface area (Å²) in [6.45, 7) is 4.20. The van der Waals surface area contributed by atoms with E-state index in [1.165, 1.54) is 5.57 Å². The first-order chi connectivity index (χ1) is 8.97. The molecule has 0 saturated carbocycles. The molecule has 2 aliphatic rings. The number of fused-ring (bicyclic) bond motifs is 2. The highest BCUT2D eigenvalue weighted by molar-refractivity contribution is 6.35. The lowest BCUT2D eigenvalue weighted by molar-refractivity contribution is -0.121. The molecular formula is C15H15Cl2NO. The van der Waals surface area contributed by atoms with Crippen molar-refractivity contribution >= 4 is 34.8 Å². The number of amides is 1. The number of allylic oxidation sites excluding steroid dienone is 1. The van der Waals surface area contributed by atoms with E-state index < -0.39 is 0 Å². The van der Waals surface area contributed by atoms with E-state index in [9.17, 15) is 4.79 Å². The Hall–Kier alpha value is -0.990. The number of hydrogen-bond donors (Lipinski definition) is 0.